The molecule has 2 aliphatic rings. The molecule has 0 bridgehead atoms. The summed E-state index contributed by atoms with van der Waals surface area (Å²) in [6, 6.07) is 5.75. The molecule has 1 aliphatic heterocycles. The molecule has 1 saturated carbocycles. The van der Waals surface area contributed by atoms with Crippen LogP contribution in [0.4, 0.5) is 8.78 Å². The first-order valence-corrected chi connectivity index (χ1v) is 13.9. The summed E-state index contributed by atoms with van der Waals surface area (Å²) in [7, 11) is 1.81. The van der Waals surface area contributed by atoms with Gasteiger partial charge in [0.05, 0.1) is 11.3 Å². The average molecular weight is 533 g/mol. The molecule has 1 aromatic carbocycles. The number of nitrogens with zero attached hydrogens (tertiary/aromatic N) is 5. The highest BCUT2D eigenvalue weighted by molar-refractivity contribution is 7.13. The van der Waals surface area contributed by atoms with E-state index in [0.717, 1.165) is 93.1 Å². The van der Waals surface area contributed by atoms with Crippen molar-refractivity contribution >= 4 is 28.3 Å². The van der Waals surface area contributed by atoms with Crippen LogP contribution in [0.15, 0.2) is 18.2 Å². The third kappa shape index (κ3) is 6.43. The monoisotopic (exact) mass is 532 g/mol. The van der Waals surface area contributed by atoms with E-state index in [1.54, 1.807) is 11.7 Å². The lowest BCUT2D eigenvalue weighted by Crippen LogP contribution is -2.38. The van der Waals surface area contributed by atoms with Gasteiger partial charge in [0.1, 0.15) is 11.0 Å². The summed E-state index contributed by atoms with van der Waals surface area (Å²) in [5, 5.41) is 11.7. The van der Waals surface area contributed by atoms with Gasteiger partial charge in [-0.3, -0.25) is 4.79 Å². The van der Waals surface area contributed by atoms with Crippen molar-refractivity contribution in [1.82, 2.24) is 30.2 Å². The minimum atomic E-state index is -2.85. The fraction of sp³-hybridized carbons (Fsp3) is 0.615. The number of rotatable bonds is 8. The van der Waals surface area contributed by atoms with Gasteiger partial charge >= 0.3 is 0 Å². The Morgan fingerprint density at radius 1 is 1.22 bits per heavy atom. The molecule has 0 spiro atoms. The number of nitrogens with one attached hydrogen (secondary N) is 1. The summed E-state index contributed by atoms with van der Waals surface area (Å²) < 4.78 is 33.0. The highest BCUT2D eigenvalue weighted by Crippen LogP contribution is 2.31. The minimum Gasteiger partial charge on any atom is -0.464 e. The van der Waals surface area contributed by atoms with Crippen LogP contribution < -0.4 is 10.1 Å². The number of carbonyl (C=O) groups excluding carboxylic acids is 1. The van der Waals surface area contributed by atoms with Crippen LogP contribution in [0.1, 0.15) is 60.0 Å². The highest BCUT2D eigenvalue weighted by atomic mass is 32.1. The Kier molecular flexibility index (Phi) is 7.71. The summed E-state index contributed by atoms with van der Waals surface area (Å²) >= 11 is 1.41. The molecular formula is C26H34F2N6O2S. The van der Waals surface area contributed by atoms with Crippen molar-refractivity contribution in [1.29, 1.82) is 0 Å². The Bertz CT molecular complexity index is 1210. The number of ether oxygens (including phenoxy) is 1. The lowest BCUT2D eigenvalue weighted by molar-refractivity contribution is -0.0230. The SMILES string of the molecule is Cn1nnc2cccc(C(=O)N[C@H]3CC[C@H](CCN4CCc5nc(OCC(C)(F)F)sc5CC4)CC3)c21. The number of aryl methyl sites for hydroxylation is 1. The number of aromatic nitrogens is 4. The van der Waals surface area contributed by atoms with Crippen molar-refractivity contribution in [2.75, 3.05) is 26.2 Å². The number of fused-ring (bicyclic) bond motifs is 2. The normalized spacial score (nSPS) is 21.0. The van der Waals surface area contributed by atoms with E-state index in [9.17, 15) is 13.6 Å². The van der Waals surface area contributed by atoms with Gasteiger partial charge in [-0.05, 0) is 63.1 Å². The smallest absolute Gasteiger partial charge is 0.278 e. The lowest BCUT2D eigenvalue weighted by Gasteiger charge is -2.30. The number of thiazole rings is 1. The molecular weight excluding hydrogens is 498 g/mol. The van der Waals surface area contributed by atoms with Gasteiger partial charge in [-0.15, -0.1) is 5.10 Å². The fourth-order valence-corrected chi connectivity index (χ4v) is 6.32. The van der Waals surface area contributed by atoms with E-state index in [1.807, 2.05) is 18.2 Å². The zero-order valence-corrected chi connectivity index (χ0v) is 22.2. The van der Waals surface area contributed by atoms with Gasteiger partial charge in [-0.1, -0.05) is 22.6 Å². The Labute approximate surface area is 219 Å². The number of carbonyl (C=O) groups is 1. The Morgan fingerprint density at radius 3 is 2.78 bits per heavy atom. The molecule has 5 rings (SSSR count). The largest absolute Gasteiger partial charge is 0.464 e. The van der Waals surface area contributed by atoms with E-state index in [1.165, 1.54) is 11.3 Å². The second kappa shape index (κ2) is 11.0. The molecule has 37 heavy (non-hydrogen) atoms. The molecule has 3 heterocycles. The third-order valence-electron chi connectivity index (χ3n) is 7.43. The topological polar surface area (TPSA) is 85.2 Å². The molecule has 8 nitrogen and oxygen atoms in total. The van der Waals surface area contributed by atoms with E-state index in [2.05, 4.69) is 25.5 Å². The average Bonchev–Trinajstić information content (AvgIpc) is 3.40. The summed E-state index contributed by atoms with van der Waals surface area (Å²) in [6.45, 7) is 3.17. The molecule has 3 aromatic rings. The summed E-state index contributed by atoms with van der Waals surface area (Å²) in [6.07, 6.45) is 7.10. The van der Waals surface area contributed by atoms with Crippen molar-refractivity contribution in [3.05, 3.63) is 34.3 Å². The molecule has 0 atom stereocenters. The molecule has 1 N–H and O–H groups in total. The van der Waals surface area contributed by atoms with Crippen LogP contribution in [-0.4, -0.2) is 69.0 Å². The molecule has 11 heteroatoms. The molecule has 2 aromatic heterocycles. The van der Waals surface area contributed by atoms with Crippen LogP contribution in [0.3, 0.4) is 0 Å². The zero-order chi connectivity index (χ0) is 26.0. The fourth-order valence-electron chi connectivity index (χ4n) is 5.38. The molecule has 1 aliphatic carbocycles. The quantitative estimate of drug-likeness (QED) is 0.467. The molecule has 200 valence electrons. The minimum absolute atomic E-state index is 0.0537. The van der Waals surface area contributed by atoms with Crippen molar-refractivity contribution in [2.24, 2.45) is 13.0 Å². The first-order chi connectivity index (χ1) is 17.7. The maximum Gasteiger partial charge on any atom is 0.278 e. The standard InChI is InChI=1S/C26H34F2N6O2S/c1-26(27,28)16-36-25-30-20-11-14-34(15-12-22(20)37-25)13-10-17-6-8-18(9-7-17)29-24(35)19-4-3-5-21-23(19)33(2)32-31-21/h3-5,17-18H,6-16H2,1-2H3,(H,29,35)/t17-,18-. The van der Waals surface area contributed by atoms with Gasteiger partial charge in [0, 0.05) is 44.4 Å². The van der Waals surface area contributed by atoms with E-state index in [0.29, 0.717) is 16.7 Å². The van der Waals surface area contributed by atoms with Crippen LogP contribution in [0.5, 0.6) is 5.19 Å². The van der Waals surface area contributed by atoms with Crippen LogP contribution >= 0.6 is 11.3 Å². The number of alkyl halides is 2. The maximum absolute atomic E-state index is 13.1. The van der Waals surface area contributed by atoms with E-state index >= 15 is 0 Å². The van der Waals surface area contributed by atoms with Crippen LogP contribution in [0.2, 0.25) is 0 Å². The Hall–Kier alpha value is -2.66. The van der Waals surface area contributed by atoms with Gasteiger partial charge in [-0.25, -0.2) is 18.4 Å². The van der Waals surface area contributed by atoms with Gasteiger partial charge in [0.2, 0.25) is 0 Å². The number of halogens is 2. The van der Waals surface area contributed by atoms with Crippen molar-refractivity contribution in [3.8, 4) is 5.19 Å². The predicted octanol–water partition coefficient (Wildman–Crippen LogP) is 4.24. The Morgan fingerprint density at radius 2 is 2.00 bits per heavy atom. The van der Waals surface area contributed by atoms with E-state index in [4.69, 9.17) is 4.74 Å². The van der Waals surface area contributed by atoms with Crippen molar-refractivity contribution in [2.45, 2.75) is 63.8 Å². The summed E-state index contributed by atoms with van der Waals surface area (Å²) in [4.78, 5) is 21.1. The van der Waals surface area contributed by atoms with E-state index in [-0.39, 0.29) is 11.9 Å². The first kappa shape index (κ1) is 26.0. The number of benzene rings is 1. The maximum atomic E-state index is 13.1. The number of hydrogen-bond acceptors (Lipinski definition) is 7. The molecule has 1 amide bonds. The third-order valence-corrected chi connectivity index (χ3v) is 8.50. The molecule has 0 saturated heterocycles. The number of para-hydroxylation sites is 1. The zero-order valence-electron chi connectivity index (χ0n) is 21.4. The molecule has 1 fully saturated rings. The predicted molar refractivity (Wildman–Crippen MR) is 138 cm³/mol. The number of hydrogen-bond donors (Lipinski definition) is 1. The number of amides is 1. The van der Waals surface area contributed by atoms with Crippen molar-refractivity contribution < 1.29 is 18.3 Å². The van der Waals surface area contributed by atoms with Gasteiger partial charge < -0.3 is 15.0 Å². The van der Waals surface area contributed by atoms with Gasteiger partial charge in [0.25, 0.3) is 17.0 Å². The summed E-state index contributed by atoms with van der Waals surface area (Å²) in [5.74, 6) is -2.23. The molecule has 0 unspecified atom stereocenters. The summed E-state index contributed by atoms with van der Waals surface area (Å²) in [5.41, 5.74) is 3.11. The van der Waals surface area contributed by atoms with E-state index < -0.39 is 12.5 Å². The second-order valence-electron chi connectivity index (χ2n) is 10.4. The van der Waals surface area contributed by atoms with Crippen LogP contribution in [0, 0.1) is 5.92 Å². The van der Waals surface area contributed by atoms with Gasteiger partial charge in [-0.2, -0.15) is 0 Å². The van der Waals surface area contributed by atoms with Gasteiger partial charge in [0.15, 0.2) is 6.61 Å². The highest BCUT2D eigenvalue weighted by Gasteiger charge is 2.26. The Balaban J connectivity index is 1.04. The second-order valence-corrected chi connectivity index (χ2v) is 11.5. The lowest BCUT2D eigenvalue weighted by atomic mass is 9.84. The van der Waals surface area contributed by atoms with Crippen LogP contribution in [0.25, 0.3) is 11.0 Å². The van der Waals surface area contributed by atoms with Crippen LogP contribution in [-0.2, 0) is 19.9 Å². The van der Waals surface area contributed by atoms with Crippen molar-refractivity contribution in [3.63, 3.8) is 0 Å². The molecule has 0 radical (unpaired) electrons. The first-order valence-electron chi connectivity index (χ1n) is 13.1.